The first kappa shape index (κ1) is 23.8. The Morgan fingerprint density at radius 3 is 2.65 bits per heavy atom. The van der Waals surface area contributed by atoms with Gasteiger partial charge in [-0.1, -0.05) is 39.3 Å². The number of Topliss-reactive ketones (excluding diaryl/α,β-unsaturated/α-hetero) is 1. The van der Waals surface area contributed by atoms with Crippen molar-refractivity contribution in [1.29, 1.82) is 0 Å². The lowest BCUT2D eigenvalue weighted by Gasteiger charge is -2.86. The van der Waals surface area contributed by atoms with E-state index in [1.807, 2.05) is 11.8 Å². The molecule has 5 unspecified atom stereocenters. The molecule has 1 spiro atoms. The van der Waals surface area contributed by atoms with Crippen molar-refractivity contribution in [3.05, 3.63) is 11.6 Å². The monoisotopic (exact) mass is 502 g/mol. The Labute approximate surface area is 210 Å². The van der Waals surface area contributed by atoms with Crippen molar-refractivity contribution in [2.24, 2.45) is 28.1 Å². The van der Waals surface area contributed by atoms with Gasteiger partial charge in [0.1, 0.15) is 11.0 Å². The van der Waals surface area contributed by atoms with E-state index in [4.69, 9.17) is 9.16 Å². The first-order chi connectivity index (χ1) is 15.8. The van der Waals surface area contributed by atoms with E-state index in [-0.39, 0.29) is 37.2 Å². The number of esters is 1. The van der Waals surface area contributed by atoms with Crippen molar-refractivity contribution < 1.29 is 18.8 Å². The maximum atomic E-state index is 12.8. The van der Waals surface area contributed by atoms with E-state index >= 15 is 0 Å². The first-order valence-electron chi connectivity index (χ1n) is 13.4. The second-order valence-corrected chi connectivity index (χ2v) is 20.4. The standard InChI is InChI=1S/C28H42O4SSi/c1-24(2,3)34(6,7)32-21-9-8-19-18-15-27-16-26(20(18)11-12-25(19,21)4)13-10-17(29)14-28(26,27)22(33-27)23(30)31-5/h11,18-19,21-22H,8-10,12-16H2,1-7H3/t18?,19?,21-,22?,25-,26-,27?,28?/m0/s1. The van der Waals surface area contributed by atoms with Crippen LogP contribution in [0.15, 0.2) is 11.6 Å². The second-order valence-electron chi connectivity index (χ2n) is 14.2. The van der Waals surface area contributed by atoms with Crippen LogP contribution in [0.4, 0.5) is 0 Å². The van der Waals surface area contributed by atoms with Crippen LogP contribution in [0.25, 0.3) is 0 Å². The number of hydrogen-bond acceptors (Lipinski definition) is 5. The minimum Gasteiger partial charge on any atom is -0.468 e. The van der Waals surface area contributed by atoms with E-state index in [0.29, 0.717) is 36.6 Å². The molecule has 0 aromatic heterocycles. The molecule has 1 saturated heterocycles. The summed E-state index contributed by atoms with van der Waals surface area (Å²) in [4.78, 5) is 25.6. The molecule has 6 heteroatoms. The molecule has 0 N–H and O–H groups in total. The minimum atomic E-state index is -1.83. The van der Waals surface area contributed by atoms with Crippen LogP contribution in [0.5, 0.6) is 0 Å². The van der Waals surface area contributed by atoms with Crippen LogP contribution in [0.2, 0.25) is 18.1 Å². The maximum Gasteiger partial charge on any atom is 0.319 e. The van der Waals surface area contributed by atoms with E-state index in [0.717, 1.165) is 19.3 Å². The Morgan fingerprint density at radius 2 is 1.97 bits per heavy atom. The van der Waals surface area contributed by atoms with Crippen LogP contribution in [-0.4, -0.2) is 43.3 Å². The van der Waals surface area contributed by atoms with Gasteiger partial charge in [0.25, 0.3) is 0 Å². The van der Waals surface area contributed by atoms with Crippen LogP contribution in [-0.2, 0) is 18.8 Å². The van der Waals surface area contributed by atoms with Gasteiger partial charge in [-0.15, -0.1) is 11.8 Å². The molecular formula is C28H42O4SSi. The lowest BCUT2D eigenvalue weighted by Crippen LogP contribution is -2.86. The van der Waals surface area contributed by atoms with Crippen molar-refractivity contribution >= 4 is 31.8 Å². The van der Waals surface area contributed by atoms with Crippen molar-refractivity contribution in [1.82, 2.24) is 0 Å². The third-order valence-electron chi connectivity index (χ3n) is 12.1. The molecule has 188 valence electrons. The lowest BCUT2D eigenvalue weighted by molar-refractivity contribution is -0.203. The van der Waals surface area contributed by atoms with Gasteiger partial charge in [-0.05, 0) is 73.9 Å². The smallest absolute Gasteiger partial charge is 0.319 e. The Hall–Kier alpha value is -0.593. The number of methoxy groups -OCH3 is 1. The average Bonchev–Trinajstić information content (AvgIpc) is 3.08. The van der Waals surface area contributed by atoms with Gasteiger partial charge in [-0.25, -0.2) is 0 Å². The van der Waals surface area contributed by atoms with Crippen molar-refractivity contribution in [3.63, 3.8) is 0 Å². The van der Waals surface area contributed by atoms with E-state index in [2.05, 4.69) is 46.9 Å². The van der Waals surface area contributed by atoms with Crippen molar-refractivity contribution in [2.45, 2.75) is 113 Å². The third-order valence-corrected chi connectivity index (χ3v) is 18.5. The summed E-state index contributed by atoms with van der Waals surface area (Å²) in [6, 6.07) is 0. The van der Waals surface area contributed by atoms with Gasteiger partial charge in [0.05, 0.1) is 13.2 Å². The fraction of sp³-hybridized carbons (Fsp3) is 0.857. The highest BCUT2D eigenvalue weighted by Crippen LogP contribution is 2.91. The fourth-order valence-electron chi connectivity index (χ4n) is 9.44. The number of fused-ring (bicyclic) bond motifs is 3. The Kier molecular flexibility index (Phi) is 4.78. The molecule has 6 rings (SSSR count). The van der Waals surface area contributed by atoms with E-state index in [1.54, 1.807) is 5.57 Å². The molecular weight excluding hydrogens is 460 g/mol. The second kappa shape index (κ2) is 6.83. The molecule has 4 saturated carbocycles. The Bertz CT molecular complexity index is 999. The van der Waals surface area contributed by atoms with Gasteiger partial charge < -0.3 is 9.16 Å². The topological polar surface area (TPSA) is 52.6 Å². The highest BCUT2D eigenvalue weighted by atomic mass is 32.2. The first-order valence-corrected chi connectivity index (χ1v) is 17.2. The number of hydrogen-bond donors (Lipinski definition) is 0. The Morgan fingerprint density at radius 1 is 1.24 bits per heavy atom. The summed E-state index contributed by atoms with van der Waals surface area (Å²) >= 11 is 1.86. The predicted molar refractivity (Wildman–Crippen MR) is 138 cm³/mol. The number of allylic oxidation sites excluding steroid dienone is 2. The van der Waals surface area contributed by atoms with Gasteiger partial charge in [0, 0.05) is 28.4 Å². The fourth-order valence-corrected chi connectivity index (χ4v) is 13.3. The van der Waals surface area contributed by atoms with Crippen LogP contribution in [0.1, 0.15) is 79.1 Å². The van der Waals surface area contributed by atoms with Crippen LogP contribution in [0, 0.1) is 28.1 Å². The van der Waals surface area contributed by atoms with Crippen LogP contribution < -0.4 is 0 Å². The lowest BCUT2D eigenvalue weighted by atomic mass is 9.28. The van der Waals surface area contributed by atoms with Crippen molar-refractivity contribution in [3.8, 4) is 0 Å². The summed E-state index contributed by atoms with van der Waals surface area (Å²) in [6.45, 7) is 14.3. The van der Waals surface area contributed by atoms with E-state index in [9.17, 15) is 9.59 Å². The number of carbonyl (C=O) groups is 2. The molecule has 0 aromatic rings. The molecule has 1 aliphatic heterocycles. The molecule has 0 aromatic carbocycles. The molecule has 34 heavy (non-hydrogen) atoms. The zero-order valence-corrected chi connectivity index (χ0v) is 23.9. The summed E-state index contributed by atoms with van der Waals surface area (Å²) < 4.78 is 12.4. The number of ketones is 1. The highest BCUT2D eigenvalue weighted by molar-refractivity contribution is 8.03. The van der Waals surface area contributed by atoms with Crippen LogP contribution >= 0.6 is 11.8 Å². The number of rotatable bonds is 3. The van der Waals surface area contributed by atoms with Gasteiger partial charge >= 0.3 is 5.97 Å². The number of ether oxygens (including phenoxy) is 1. The zero-order valence-electron chi connectivity index (χ0n) is 22.1. The van der Waals surface area contributed by atoms with E-state index in [1.165, 1.54) is 26.4 Å². The largest absolute Gasteiger partial charge is 0.468 e. The summed E-state index contributed by atoms with van der Waals surface area (Å²) in [5.41, 5.74) is 1.70. The number of carbonyl (C=O) groups excluding carboxylic acids is 2. The summed E-state index contributed by atoms with van der Waals surface area (Å²) in [7, 11) is -0.328. The molecule has 2 bridgehead atoms. The molecule has 5 fully saturated rings. The normalized spacial score (nSPS) is 48.9. The summed E-state index contributed by atoms with van der Waals surface area (Å²) in [5, 5.41) is 0.0604. The highest BCUT2D eigenvalue weighted by Gasteiger charge is 2.89. The van der Waals surface area contributed by atoms with Crippen LogP contribution in [0.3, 0.4) is 0 Å². The predicted octanol–water partition coefficient (Wildman–Crippen LogP) is 6.30. The molecule has 5 aliphatic carbocycles. The SMILES string of the molecule is COC(=O)C1SC23CC4C(=CC[C@@]5(C)C4CC[C@@H]5O[Si](C)(C)C(C)(C)C)[C@]4(CCC(=O)CC124)C3. The molecule has 6 aliphatic rings. The zero-order chi connectivity index (χ0) is 24.5. The number of thioether (sulfide) groups is 1. The summed E-state index contributed by atoms with van der Waals surface area (Å²) in [5.74, 6) is 1.50. The summed E-state index contributed by atoms with van der Waals surface area (Å²) in [6.07, 6.45) is 11.0. The van der Waals surface area contributed by atoms with Gasteiger partial charge in [-0.3, -0.25) is 9.59 Å². The Balaban J connectivity index is 1.36. The van der Waals surface area contributed by atoms with Gasteiger partial charge in [0.15, 0.2) is 8.32 Å². The molecule has 0 amide bonds. The van der Waals surface area contributed by atoms with Crippen molar-refractivity contribution in [2.75, 3.05) is 7.11 Å². The molecule has 1 heterocycles. The molecule has 4 nitrogen and oxygen atoms in total. The maximum absolute atomic E-state index is 12.8. The molecule has 8 atom stereocenters. The third kappa shape index (κ3) is 2.52. The average molecular weight is 503 g/mol. The van der Waals surface area contributed by atoms with E-state index < -0.39 is 8.32 Å². The quantitative estimate of drug-likeness (QED) is 0.257. The molecule has 0 radical (unpaired) electrons. The van der Waals surface area contributed by atoms with Gasteiger partial charge in [0.2, 0.25) is 0 Å². The minimum absolute atomic E-state index is 0.0492. The van der Waals surface area contributed by atoms with Gasteiger partial charge in [-0.2, -0.15) is 0 Å².